The molecule has 1 heterocycles. The molecule has 0 unspecified atom stereocenters. The first kappa shape index (κ1) is 17.2. The van der Waals surface area contributed by atoms with Crippen LogP contribution in [0.1, 0.15) is 37.4 Å². The van der Waals surface area contributed by atoms with Crippen molar-refractivity contribution in [3.63, 3.8) is 0 Å². The summed E-state index contributed by atoms with van der Waals surface area (Å²) in [5, 5.41) is 10.4. The number of hydrogen-bond donors (Lipinski definition) is 0. The largest absolute Gasteiger partial charge is 0.284 e. The van der Waals surface area contributed by atoms with Crippen molar-refractivity contribution in [2.45, 2.75) is 37.2 Å². The summed E-state index contributed by atoms with van der Waals surface area (Å²) in [7, 11) is 0. The minimum Gasteiger partial charge on any atom is -0.284 e. The monoisotopic (exact) mass is 349 g/mol. The van der Waals surface area contributed by atoms with Gasteiger partial charge in [0.1, 0.15) is 0 Å². The fraction of sp³-hybridized carbons (Fsp3) is 0.250. The van der Waals surface area contributed by atoms with Crippen LogP contribution in [0.3, 0.4) is 0 Å². The average Bonchev–Trinajstić information content (AvgIpc) is 2.66. The van der Waals surface area contributed by atoms with E-state index >= 15 is 0 Å². The topological polar surface area (TPSA) is 58.7 Å². The molecule has 0 radical (unpaired) electrons. The van der Waals surface area contributed by atoms with Gasteiger partial charge in [-0.2, -0.15) is 5.26 Å². The summed E-state index contributed by atoms with van der Waals surface area (Å²) in [4.78, 5) is 17.7. The van der Waals surface area contributed by atoms with E-state index < -0.39 is 0 Å². The highest BCUT2D eigenvalue weighted by molar-refractivity contribution is 7.98. The van der Waals surface area contributed by atoms with Gasteiger partial charge in [-0.3, -0.25) is 9.36 Å². The van der Waals surface area contributed by atoms with Crippen LogP contribution in [0.2, 0.25) is 0 Å². The van der Waals surface area contributed by atoms with Crippen LogP contribution in [0.25, 0.3) is 10.9 Å². The van der Waals surface area contributed by atoms with Crippen molar-refractivity contribution in [1.29, 1.82) is 5.26 Å². The highest BCUT2D eigenvalue weighted by Gasteiger charge is 2.15. The van der Waals surface area contributed by atoms with Gasteiger partial charge in [-0.25, -0.2) is 4.98 Å². The summed E-state index contributed by atoms with van der Waals surface area (Å²) in [6.07, 6.45) is 0.859. The Balaban J connectivity index is 2.02. The van der Waals surface area contributed by atoms with Gasteiger partial charge in [-0.15, -0.1) is 0 Å². The zero-order chi connectivity index (χ0) is 17.8. The van der Waals surface area contributed by atoms with Gasteiger partial charge in [0.05, 0.1) is 22.5 Å². The number of nitrogens with zero attached hydrogens (tertiary/aromatic N) is 3. The first-order chi connectivity index (χ1) is 12.1. The second-order valence-corrected chi connectivity index (χ2v) is 6.89. The van der Waals surface area contributed by atoms with Crippen molar-refractivity contribution < 1.29 is 0 Å². The molecule has 2 aromatic carbocycles. The van der Waals surface area contributed by atoms with E-state index in [4.69, 9.17) is 10.2 Å². The Morgan fingerprint density at radius 1 is 1.24 bits per heavy atom. The van der Waals surface area contributed by atoms with Gasteiger partial charge in [0, 0.05) is 11.8 Å². The lowest BCUT2D eigenvalue weighted by molar-refractivity contribution is 0.468. The number of hydrogen-bond acceptors (Lipinski definition) is 4. The third-order valence-corrected chi connectivity index (χ3v) is 5.25. The molecule has 3 aromatic rings. The molecule has 1 aromatic heterocycles. The van der Waals surface area contributed by atoms with Gasteiger partial charge < -0.3 is 0 Å². The summed E-state index contributed by atoms with van der Waals surface area (Å²) in [5.41, 5.74) is 2.42. The lowest BCUT2D eigenvalue weighted by atomic mass is 10.2. The molecule has 0 spiro atoms. The van der Waals surface area contributed by atoms with Gasteiger partial charge in [0.2, 0.25) is 0 Å². The van der Waals surface area contributed by atoms with E-state index in [1.807, 2.05) is 49.4 Å². The summed E-state index contributed by atoms with van der Waals surface area (Å²) in [6.45, 7) is 4.11. The van der Waals surface area contributed by atoms with Crippen molar-refractivity contribution in [2.75, 3.05) is 0 Å². The molecule has 0 fully saturated rings. The van der Waals surface area contributed by atoms with Crippen molar-refractivity contribution in [2.24, 2.45) is 0 Å². The van der Waals surface area contributed by atoms with E-state index in [0.29, 0.717) is 16.7 Å². The van der Waals surface area contributed by atoms with E-state index in [0.717, 1.165) is 22.7 Å². The maximum Gasteiger partial charge on any atom is 0.262 e. The number of fused-ring (bicyclic) bond motifs is 1. The standard InChI is InChI=1S/C20H19N3OS/c1-3-14(2)23-19(24)17-9-4-5-10-18(17)22-20(23)25-13-16-8-6-7-15(11-16)12-21/h4-11,14H,3,13H2,1-2H3/t14-/m1/s1. The molecule has 1 atom stereocenters. The average molecular weight is 349 g/mol. The molecule has 3 rings (SSSR count). The number of rotatable bonds is 5. The molecule has 0 aliphatic heterocycles. The quantitative estimate of drug-likeness (QED) is 0.501. The maximum atomic E-state index is 12.9. The normalized spacial score (nSPS) is 12.0. The molecule has 0 amide bonds. The highest BCUT2D eigenvalue weighted by Crippen LogP contribution is 2.25. The molecular weight excluding hydrogens is 330 g/mol. The van der Waals surface area contributed by atoms with E-state index in [2.05, 4.69) is 13.0 Å². The second kappa shape index (κ2) is 7.54. The molecule has 4 nitrogen and oxygen atoms in total. The summed E-state index contributed by atoms with van der Waals surface area (Å²) in [6, 6.07) is 17.2. The molecule has 0 aliphatic carbocycles. The van der Waals surface area contributed by atoms with Crippen LogP contribution in [-0.4, -0.2) is 9.55 Å². The van der Waals surface area contributed by atoms with Gasteiger partial charge in [-0.1, -0.05) is 43.0 Å². The highest BCUT2D eigenvalue weighted by atomic mass is 32.2. The summed E-state index contributed by atoms with van der Waals surface area (Å²) < 4.78 is 1.79. The van der Waals surface area contributed by atoms with Gasteiger partial charge in [0.25, 0.3) is 5.56 Å². The fourth-order valence-electron chi connectivity index (χ4n) is 2.68. The summed E-state index contributed by atoms with van der Waals surface area (Å²) in [5.74, 6) is 0.663. The summed E-state index contributed by atoms with van der Waals surface area (Å²) >= 11 is 1.53. The van der Waals surface area contributed by atoms with E-state index in [1.54, 1.807) is 10.6 Å². The first-order valence-electron chi connectivity index (χ1n) is 8.27. The second-order valence-electron chi connectivity index (χ2n) is 5.94. The third kappa shape index (κ3) is 3.59. The number of nitriles is 1. The molecule has 25 heavy (non-hydrogen) atoms. The zero-order valence-electron chi connectivity index (χ0n) is 14.3. The molecule has 0 bridgehead atoms. The minimum atomic E-state index is 0.00762. The Bertz CT molecular complexity index is 1000. The van der Waals surface area contributed by atoms with E-state index in [-0.39, 0.29) is 11.6 Å². The zero-order valence-corrected chi connectivity index (χ0v) is 15.1. The molecule has 5 heteroatoms. The molecule has 0 saturated heterocycles. The Morgan fingerprint density at radius 2 is 2.04 bits per heavy atom. The van der Waals surface area contributed by atoms with Gasteiger partial charge >= 0.3 is 0 Å². The Kier molecular flexibility index (Phi) is 5.20. The van der Waals surface area contributed by atoms with Crippen LogP contribution in [0.5, 0.6) is 0 Å². The smallest absolute Gasteiger partial charge is 0.262 e. The minimum absolute atomic E-state index is 0.00762. The van der Waals surface area contributed by atoms with E-state index in [1.165, 1.54) is 11.8 Å². The molecule has 0 saturated carbocycles. The van der Waals surface area contributed by atoms with Crippen LogP contribution in [0.4, 0.5) is 0 Å². The molecule has 126 valence electrons. The maximum absolute atomic E-state index is 12.9. The van der Waals surface area contributed by atoms with Crippen LogP contribution < -0.4 is 5.56 Å². The van der Waals surface area contributed by atoms with Crippen molar-refractivity contribution in [3.8, 4) is 6.07 Å². The predicted molar refractivity (Wildman–Crippen MR) is 102 cm³/mol. The van der Waals surface area contributed by atoms with Crippen molar-refractivity contribution in [1.82, 2.24) is 9.55 Å². The molecule has 0 aliphatic rings. The van der Waals surface area contributed by atoms with Crippen LogP contribution in [0, 0.1) is 11.3 Å². The lowest BCUT2D eigenvalue weighted by Gasteiger charge is -2.18. The lowest BCUT2D eigenvalue weighted by Crippen LogP contribution is -2.26. The number of para-hydroxylation sites is 1. The third-order valence-electron chi connectivity index (χ3n) is 4.23. The number of thioether (sulfide) groups is 1. The fourth-order valence-corrected chi connectivity index (χ4v) is 3.72. The van der Waals surface area contributed by atoms with Crippen molar-refractivity contribution >= 4 is 22.7 Å². The molecular formula is C20H19N3OS. The van der Waals surface area contributed by atoms with Gasteiger partial charge in [0.15, 0.2) is 5.16 Å². The Labute approximate surface area is 151 Å². The van der Waals surface area contributed by atoms with Crippen LogP contribution in [0.15, 0.2) is 58.5 Å². The molecule has 0 N–H and O–H groups in total. The van der Waals surface area contributed by atoms with Crippen LogP contribution in [-0.2, 0) is 5.75 Å². The van der Waals surface area contributed by atoms with Crippen molar-refractivity contribution in [3.05, 3.63) is 70.0 Å². The SMILES string of the molecule is CC[C@@H](C)n1c(SCc2cccc(C#N)c2)nc2ccccc2c1=O. The number of aromatic nitrogens is 2. The first-order valence-corrected chi connectivity index (χ1v) is 9.25. The Hall–Kier alpha value is -2.58. The van der Waals surface area contributed by atoms with Crippen LogP contribution >= 0.6 is 11.8 Å². The van der Waals surface area contributed by atoms with E-state index in [9.17, 15) is 4.79 Å². The predicted octanol–water partition coefficient (Wildman–Crippen LogP) is 4.53. The van der Waals surface area contributed by atoms with Gasteiger partial charge in [-0.05, 0) is 43.2 Å². The number of benzene rings is 2. The Morgan fingerprint density at radius 3 is 2.80 bits per heavy atom.